The first-order chi connectivity index (χ1) is 9.58. The quantitative estimate of drug-likeness (QED) is 0.929. The smallest absolute Gasteiger partial charge is 0.134 e. The van der Waals surface area contributed by atoms with Crippen molar-refractivity contribution in [2.24, 2.45) is 0 Å². The lowest BCUT2D eigenvalue weighted by atomic mass is 10.1. The van der Waals surface area contributed by atoms with Crippen LogP contribution in [0.1, 0.15) is 30.1 Å². The molecule has 0 unspecified atom stereocenters. The van der Waals surface area contributed by atoms with E-state index in [1.54, 1.807) is 7.05 Å². The molecule has 0 saturated heterocycles. The number of hydrogen-bond acceptors (Lipinski definition) is 3. The predicted molar refractivity (Wildman–Crippen MR) is 73.6 cm³/mol. The van der Waals surface area contributed by atoms with Crippen LogP contribution in [0.4, 0.5) is 14.6 Å². The zero-order chi connectivity index (χ0) is 14.3. The molecule has 1 aromatic heterocycles. The Labute approximate surface area is 116 Å². The van der Waals surface area contributed by atoms with Gasteiger partial charge in [-0.1, -0.05) is 0 Å². The van der Waals surface area contributed by atoms with Crippen LogP contribution in [0.25, 0.3) is 11.3 Å². The number of anilines is 1. The number of nitrogens with zero attached hydrogens (tertiary/aromatic N) is 2. The van der Waals surface area contributed by atoms with E-state index in [4.69, 9.17) is 0 Å². The molecule has 1 fully saturated rings. The number of halogens is 2. The molecule has 1 aliphatic rings. The molecule has 0 radical (unpaired) electrons. The zero-order valence-corrected chi connectivity index (χ0v) is 11.4. The lowest BCUT2D eigenvalue weighted by molar-refractivity contribution is 0.584. The minimum absolute atomic E-state index is 0.375. The Hall–Kier alpha value is -2.04. The lowest BCUT2D eigenvalue weighted by Crippen LogP contribution is -2.05. The summed E-state index contributed by atoms with van der Waals surface area (Å²) in [5, 5.41) is 3.02. The van der Waals surface area contributed by atoms with Crippen LogP contribution in [-0.4, -0.2) is 17.0 Å². The molecule has 0 atom stereocenters. The van der Waals surface area contributed by atoms with Crippen molar-refractivity contribution in [1.82, 2.24) is 9.97 Å². The summed E-state index contributed by atoms with van der Waals surface area (Å²) in [6.07, 6.45) is 2.15. The Morgan fingerprint density at radius 3 is 2.30 bits per heavy atom. The molecular weight excluding hydrogens is 260 g/mol. The van der Waals surface area contributed by atoms with Gasteiger partial charge in [-0.3, -0.25) is 0 Å². The highest BCUT2D eigenvalue weighted by Gasteiger charge is 2.28. The van der Waals surface area contributed by atoms with Gasteiger partial charge in [-0.05, 0) is 31.9 Å². The van der Waals surface area contributed by atoms with Gasteiger partial charge in [0.25, 0.3) is 0 Å². The Bertz CT molecular complexity index is 646. The molecule has 1 saturated carbocycles. The summed E-state index contributed by atoms with van der Waals surface area (Å²) in [5.74, 6) is 0.634. The Morgan fingerprint density at radius 1 is 1.10 bits per heavy atom. The normalized spacial score (nSPS) is 14.4. The maximum atomic E-state index is 13.4. The van der Waals surface area contributed by atoms with Gasteiger partial charge in [-0.15, -0.1) is 0 Å². The number of hydrogen-bond donors (Lipinski definition) is 1. The van der Waals surface area contributed by atoms with E-state index in [-0.39, 0.29) is 0 Å². The number of benzene rings is 1. The van der Waals surface area contributed by atoms with Crippen molar-refractivity contribution in [2.45, 2.75) is 25.7 Å². The van der Waals surface area contributed by atoms with E-state index in [0.717, 1.165) is 30.3 Å². The summed E-state index contributed by atoms with van der Waals surface area (Å²) < 4.78 is 26.8. The fraction of sp³-hybridized carbons (Fsp3) is 0.333. The van der Waals surface area contributed by atoms with Gasteiger partial charge in [0.15, 0.2) is 0 Å². The van der Waals surface area contributed by atoms with Crippen LogP contribution in [0.2, 0.25) is 0 Å². The Morgan fingerprint density at radius 2 is 1.75 bits per heavy atom. The van der Waals surface area contributed by atoms with Crippen LogP contribution in [0.5, 0.6) is 0 Å². The van der Waals surface area contributed by atoms with E-state index in [1.807, 2.05) is 6.92 Å². The summed E-state index contributed by atoms with van der Waals surface area (Å²) in [4.78, 5) is 8.99. The molecule has 104 valence electrons. The van der Waals surface area contributed by atoms with Crippen molar-refractivity contribution >= 4 is 5.82 Å². The van der Waals surface area contributed by atoms with Crippen LogP contribution >= 0.6 is 0 Å². The summed E-state index contributed by atoms with van der Waals surface area (Å²) in [5.41, 5.74) is 1.83. The minimum Gasteiger partial charge on any atom is -0.373 e. The maximum Gasteiger partial charge on any atom is 0.134 e. The average molecular weight is 275 g/mol. The molecule has 2 aromatic rings. The van der Waals surface area contributed by atoms with Gasteiger partial charge < -0.3 is 5.32 Å². The van der Waals surface area contributed by atoms with Crippen molar-refractivity contribution in [1.29, 1.82) is 0 Å². The third-order valence-corrected chi connectivity index (χ3v) is 3.48. The molecule has 3 nitrogen and oxygen atoms in total. The van der Waals surface area contributed by atoms with E-state index in [1.165, 1.54) is 12.1 Å². The lowest BCUT2D eigenvalue weighted by Gasteiger charge is -2.12. The highest BCUT2D eigenvalue weighted by molar-refractivity contribution is 5.68. The predicted octanol–water partition coefficient (Wildman–Crippen LogP) is 3.65. The van der Waals surface area contributed by atoms with Crippen LogP contribution in [-0.2, 0) is 0 Å². The third kappa shape index (κ3) is 2.35. The van der Waals surface area contributed by atoms with Gasteiger partial charge in [0.2, 0.25) is 0 Å². The molecule has 0 amide bonds. The van der Waals surface area contributed by atoms with Gasteiger partial charge in [0.05, 0.1) is 5.69 Å². The number of rotatable bonds is 3. The first-order valence-corrected chi connectivity index (χ1v) is 6.61. The fourth-order valence-electron chi connectivity index (χ4n) is 2.27. The fourth-order valence-corrected chi connectivity index (χ4v) is 2.27. The molecule has 5 heteroatoms. The molecule has 0 aliphatic heterocycles. The molecule has 0 spiro atoms. The van der Waals surface area contributed by atoms with Crippen LogP contribution in [0.3, 0.4) is 0 Å². The highest BCUT2D eigenvalue weighted by atomic mass is 19.1. The minimum atomic E-state index is -0.600. The van der Waals surface area contributed by atoms with Gasteiger partial charge in [0.1, 0.15) is 23.3 Å². The molecule has 1 N–H and O–H groups in total. The van der Waals surface area contributed by atoms with Crippen molar-refractivity contribution in [3.8, 4) is 11.3 Å². The summed E-state index contributed by atoms with van der Waals surface area (Å²) >= 11 is 0. The monoisotopic (exact) mass is 275 g/mol. The van der Waals surface area contributed by atoms with Crippen LogP contribution in [0.15, 0.2) is 18.2 Å². The van der Waals surface area contributed by atoms with E-state index in [9.17, 15) is 8.78 Å². The standard InChI is InChI=1S/C15H15F2N3/c1-8-13(10-5-11(16)7-12(17)6-10)19-15(9-3-4-9)20-14(8)18-2/h5-7,9H,3-4H2,1-2H3,(H,18,19,20). The van der Waals surface area contributed by atoms with E-state index in [0.29, 0.717) is 23.0 Å². The van der Waals surface area contributed by atoms with Crippen LogP contribution in [0, 0.1) is 18.6 Å². The maximum absolute atomic E-state index is 13.4. The van der Waals surface area contributed by atoms with E-state index < -0.39 is 11.6 Å². The number of aromatic nitrogens is 2. The van der Waals surface area contributed by atoms with Crippen molar-refractivity contribution in [3.63, 3.8) is 0 Å². The highest BCUT2D eigenvalue weighted by Crippen LogP contribution is 2.40. The van der Waals surface area contributed by atoms with E-state index >= 15 is 0 Å². The SMILES string of the molecule is CNc1nc(C2CC2)nc(-c2cc(F)cc(F)c2)c1C. The average Bonchev–Trinajstić information content (AvgIpc) is 3.22. The van der Waals surface area contributed by atoms with E-state index in [2.05, 4.69) is 15.3 Å². The van der Waals surface area contributed by atoms with Crippen molar-refractivity contribution in [3.05, 3.63) is 41.2 Å². The third-order valence-electron chi connectivity index (χ3n) is 3.48. The topological polar surface area (TPSA) is 37.8 Å². The molecule has 1 aromatic carbocycles. The van der Waals surface area contributed by atoms with Crippen LogP contribution < -0.4 is 5.32 Å². The zero-order valence-electron chi connectivity index (χ0n) is 11.4. The number of nitrogens with one attached hydrogen (secondary N) is 1. The Kier molecular flexibility index (Phi) is 3.12. The molecular formula is C15H15F2N3. The molecule has 1 heterocycles. The van der Waals surface area contributed by atoms with Gasteiger partial charge in [0, 0.05) is 30.2 Å². The summed E-state index contributed by atoms with van der Waals surface area (Å²) in [6.45, 7) is 1.85. The van der Waals surface area contributed by atoms with Crippen molar-refractivity contribution < 1.29 is 8.78 Å². The molecule has 0 bridgehead atoms. The van der Waals surface area contributed by atoms with Crippen molar-refractivity contribution in [2.75, 3.05) is 12.4 Å². The summed E-state index contributed by atoms with van der Waals surface area (Å²) in [7, 11) is 1.78. The second-order valence-corrected chi connectivity index (χ2v) is 5.09. The molecule has 1 aliphatic carbocycles. The summed E-state index contributed by atoms with van der Waals surface area (Å²) in [6, 6.07) is 3.46. The molecule has 3 rings (SSSR count). The van der Waals surface area contributed by atoms with Gasteiger partial charge >= 0.3 is 0 Å². The molecule has 20 heavy (non-hydrogen) atoms. The largest absolute Gasteiger partial charge is 0.373 e. The Balaban J connectivity index is 2.18. The van der Waals surface area contributed by atoms with Gasteiger partial charge in [-0.2, -0.15) is 0 Å². The second-order valence-electron chi connectivity index (χ2n) is 5.09. The first-order valence-electron chi connectivity index (χ1n) is 6.61. The van der Waals surface area contributed by atoms with Gasteiger partial charge in [-0.25, -0.2) is 18.7 Å². The first kappa shape index (κ1) is 13.0. The second kappa shape index (κ2) is 4.81.